The second-order valence-corrected chi connectivity index (χ2v) is 8.60. The lowest BCUT2D eigenvalue weighted by Gasteiger charge is -2.06. The van der Waals surface area contributed by atoms with Crippen LogP contribution in [0.3, 0.4) is 0 Å². The summed E-state index contributed by atoms with van der Waals surface area (Å²) in [6.07, 6.45) is 3.63. The number of hydrogen-bond acceptors (Lipinski definition) is 5. The highest BCUT2D eigenvalue weighted by Crippen LogP contribution is 2.32. The molecule has 5 rings (SSSR count). The van der Waals surface area contributed by atoms with E-state index in [-0.39, 0.29) is 12.5 Å². The number of amides is 1. The fraction of sp³-hybridized carbons (Fsp3) is 0.167. The van der Waals surface area contributed by atoms with E-state index in [0.29, 0.717) is 18.0 Å². The minimum absolute atomic E-state index is 0.0654. The molecule has 32 heavy (non-hydrogen) atoms. The zero-order valence-corrected chi connectivity index (χ0v) is 18.6. The molecule has 0 atom stereocenters. The third-order valence-electron chi connectivity index (χ3n) is 5.39. The Balaban J connectivity index is 1.32. The third-order valence-corrected chi connectivity index (χ3v) is 6.29. The molecule has 0 aliphatic heterocycles. The first-order valence-electron chi connectivity index (χ1n) is 10.3. The molecule has 0 radical (unpaired) electrons. The van der Waals surface area contributed by atoms with E-state index in [1.807, 2.05) is 47.4 Å². The summed E-state index contributed by atoms with van der Waals surface area (Å²) in [4.78, 5) is 18.4. The first kappa shape index (κ1) is 20.1. The summed E-state index contributed by atoms with van der Waals surface area (Å²) in [5.41, 5.74) is 5.05. The van der Waals surface area contributed by atoms with Gasteiger partial charge in [-0.1, -0.05) is 30.3 Å². The van der Waals surface area contributed by atoms with Crippen LogP contribution in [0.1, 0.15) is 16.8 Å². The lowest BCUT2D eigenvalue weighted by atomic mass is 10.1. The number of aromatic nitrogens is 5. The Hall–Kier alpha value is -3.78. The van der Waals surface area contributed by atoms with Gasteiger partial charge < -0.3 is 5.32 Å². The van der Waals surface area contributed by atoms with Crippen LogP contribution in [0.4, 0.5) is 5.82 Å². The lowest BCUT2D eigenvalue weighted by Crippen LogP contribution is -2.20. The van der Waals surface area contributed by atoms with Crippen molar-refractivity contribution in [3.63, 3.8) is 0 Å². The first-order chi connectivity index (χ1) is 15.6. The predicted octanol–water partition coefficient (Wildman–Crippen LogP) is 4.66. The standard InChI is InChI=1S/C24H22N6OS/c1-16-6-3-4-7-18(16)14-29-12-10-21(28-29)26-22(31)15-30-24-23(17(2)27-30)19(9-11-25-24)20-8-5-13-32-20/h3-13H,14-15H2,1-2H3,(H,26,28,31). The Kier molecular flexibility index (Phi) is 5.28. The van der Waals surface area contributed by atoms with E-state index in [9.17, 15) is 4.79 Å². The van der Waals surface area contributed by atoms with E-state index in [0.717, 1.165) is 21.5 Å². The SMILES string of the molecule is Cc1ccccc1Cn1ccc(NC(=O)Cn2nc(C)c3c(-c4cccs4)ccnc32)n1. The number of rotatable bonds is 6. The molecule has 4 aromatic heterocycles. The molecule has 0 aliphatic rings. The first-order valence-corrected chi connectivity index (χ1v) is 11.2. The van der Waals surface area contributed by atoms with E-state index in [2.05, 4.69) is 45.6 Å². The maximum atomic E-state index is 12.7. The molecule has 5 aromatic rings. The highest BCUT2D eigenvalue weighted by Gasteiger charge is 2.16. The Morgan fingerprint density at radius 2 is 1.94 bits per heavy atom. The van der Waals surface area contributed by atoms with Gasteiger partial charge in [-0.15, -0.1) is 11.3 Å². The van der Waals surface area contributed by atoms with Crippen LogP contribution < -0.4 is 5.32 Å². The molecule has 0 bridgehead atoms. The molecule has 0 spiro atoms. The molecular weight excluding hydrogens is 420 g/mol. The highest BCUT2D eigenvalue weighted by atomic mass is 32.1. The van der Waals surface area contributed by atoms with Crippen molar-refractivity contribution in [2.24, 2.45) is 0 Å². The van der Waals surface area contributed by atoms with Crippen molar-refractivity contribution < 1.29 is 4.79 Å². The molecule has 0 fully saturated rings. The van der Waals surface area contributed by atoms with Gasteiger partial charge in [0.1, 0.15) is 6.54 Å². The number of fused-ring (bicyclic) bond motifs is 1. The summed E-state index contributed by atoms with van der Waals surface area (Å²) < 4.78 is 3.47. The molecule has 7 nitrogen and oxygen atoms in total. The van der Waals surface area contributed by atoms with E-state index in [4.69, 9.17) is 0 Å². The molecule has 4 heterocycles. The summed E-state index contributed by atoms with van der Waals surface area (Å²) in [6.45, 7) is 4.75. The topological polar surface area (TPSA) is 77.6 Å². The largest absolute Gasteiger partial charge is 0.308 e. The van der Waals surface area contributed by atoms with Gasteiger partial charge in [-0.25, -0.2) is 9.67 Å². The number of carbonyl (C=O) groups is 1. The molecule has 1 aromatic carbocycles. The smallest absolute Gasteiger partial charge is 0.247 e. The van der Waals surface area contributed by atoms with Gasteiger partial charge in [0, 0.05) is 28.9 Å². The van der Waals surface area contributed by atoms with Gasteiger partial charge in [-0.3, -0.25) is 9.48 Å². The van der Waals surface area contributed by atoms with Crippen LogP contribution in [-0.4, -0.2) is 30.5 Å². The quantitative estimate of drug-likeness (QED) is 0.415. The fourth-order valence-corrected chi connectivity index (χ4v) is 4.58. The summed E-state index contributed by atoms with van der Waals surface area (Å²) in [6, 6.07) is 16.1. The van der Waals surface area contributed by atoms with E-state index in [1.54, 1.807) is 28.3 Å². The number of aryl methyl sites for hydroxylation is 2. The molecule has 0 unspecified atom stereocenters. The Bertz CT molecular complexity index is 1400. The number of nitrogens with zero attached hydrogens (tertiary/aromatic N) is 5. The molecule has 1 N–H and O–H groups in total. The van der Waals surface area contributed by atoms with Crippen molar-refractivity contribution >= 4 is 34.1 Å². The minimum atomic E-state index is -0.195. The van der Waals surface area contributed by atoms with Crippen molar-refractivity contribution in [1.29, 1.82) is 0 Å². The molecule has 8 heteroatoms. The number of hydrogen-bond donors (Lipinski definition) is 1. The second kappa shape index (κ2) is 8.39. The molecule has 0 saturated heterocycles. The van der Waals surface area contributed by atoms with Gasteiger partial charge in [0.2, 0.25) is 5.91 Å². The zero-order valence-electron chi connectivity index (χ0n) is 17.8. The Labute approximate surface area is 189 Å². The number of anilines is 1. The lowest BCUT2D eigenvalue weighted by molar-refractivity contribution is -0.116. The van der Waals surface area contributed by atoms with Crippen LogP contribution in [0.2, 0.25) is 0 Å². The summed E-state index contributed by atoms with van der Waals surface area (Å²) >= 11 is 1.67. The van der Waals surface area contributed by atoms with Crippen LogP contribution in [0.5, 0.6) is 0 Å². The van der Waals surface area contributed by atoms with Gasteiger partial charge in [-0.2, -0.15) is 10.2 Å². The van der Waals surface area contributed by atoms with E-state index < -0.39 is 0 Å². The van der Waals surface area contributed by atoms with E-state index >= 15 is 0 Å². The number of carbonyl (C=O) groups excluding carboxylic acids is 1. The van der Waals surface area contributed by atoms with Gasteiger partial charge in [0.05, 0.1) is 17.6 Å². The van der Waals surface area contributed by atoms with Crippen molar-refractivity contribution in [3.05, 3.63) is 83.1 Å². The van der Waals surface area contributed by atoms with Gasteiger partial charge in [0.15, 0.2) is 11.5 Å². The second-order valence-electron chi connectivity index (χ2n) is 7.65. The maximum Gasteiger partial charge on any atom is 0.247 e. The Morgan fingerprint density at radius 1 is 1.06 bits per heavy atom. The molecule has 1 amide bonds. The van der Waals surface area contributed by atoms with Crippen LogP contribution in [-0.2, 0) is 17.9 Å². The number of benzene rings is 1. The van der Waals surface area contributed by atoms with Gasteiger partial charge in [0.25, 0.3) is 0 Å². The average Bonchev–Trinajstić information content (AvgIpc) is 3.52. The molecule has 0 saturated carbocycles. The monoisotopic (exact) mass is 442 g/mol. The normalized spacial score (nSPS) is 11.2. The van der Waals surface area contributed by atoms with Crippen molar-refractivity contribution in [3.8, 4) is 10.4 Å². The van der Waals surface area contributed by atoms with Crippen LogP contribution in [0.25, 0.3) is 21.5 Å². The van der Waals surface area contributed by atoms with Gasteiger partial charge >= 0.3 is 0 Å². The fourth-order valence-electron chi connectivity index (χ4n) is 3.83. The number of thiophene rings is 1. The van der Waals surface area contributed by atoms with Crippen LogP contribution in [0, 0.1) is 13.8 Å². The number of nitrogens with one attached hydrogen (secondary N) is 1. The predicted molar refractivity (Wildman–Crippen MR) is 127 cm³/mol. The van der Waals surface area contributed by atoms with Crippen molar-refractivity contribution in [2.75, 3.05) is 5.32 Å². The summed E-state index contributed by atoms with van der Waals surface area (Å²) in [7, 11) is 0. The van der Waals surface area contributed by atoms with Crippen LogP contribution in [0.15, 0.2) is 66.3 Å². The number of pyridine rings is 1. The van der Waals surface area contributed by atoms with E-state index in [1.165, 1.54) is 11.1 Å². The zero-order chi connectivity index (χ0) is 22.1. The summed E-state index contributed by atoms with van der Waals surface area (Å²) in [5.74, 6) is 0.322. The van der Waals surface area contributed by atoms with Crippen molar-refractivity contribution in [2.45, 2.75) is 26.9 Å². The van der Waals surface area contributed by atoms with Crippen molar-refractivity contribution in [1.82, 2.24) is 24.5 Å². The maximum absolute atomic E-state index is 12.7. The summed E-state index contributed by atoms with van der Waals surface area (Å²) in [5, 5.41) is 15.0. The molecule has 0 aliphatic carbocycles. The average molecular weight is 443 g/mol. The molecular formula is C24H22N6OS. The highest BCUT2D eigenvalue weighted by molar-refractivity contribution is 7.13. The van der Waals surface area contributed by atoms with Gasteiger partial charge in [-0.05, 0) is 42.5 Å². The minimum Gasteiger partial charge on any atom is -0.308 e. The third kappa shape index (κ3) is 3.92. The van der Waals surface area contributed by atoms with Crippen LogP contribution >= 0.6 is 11.3 Å². The molecule has 160 valence electrons. The Morgan fingerprint density at radius 3 is 2.75 bits per heavy atom.